The summed E-state index contributed by atoms with van der Waals surface area (Å²) in [5.41, 5.74) is -0.517. The first kappa shape index (κ1) is 24.5. The van der Waals surface area contributed by atoms with Crippen LogP contribution in [0.4, 0.5) is 17.6 Å². The Hall–Kier alpha value is -2.14. The van der Waals surface area contributed by atoms with Crippen molar-refractivity contribution in [1.29, 1.82) is 0 Å². The zero-order chi connectivity index (χ0) is 24.8. The van der Waals surface area contributed by atoms with E-state index in [1.807, 2.05) is 11.6 Å². The van der Waals surface area contributed by atoms with E-state index >= 15 is 0 Å². The molecule has 0 radical (unpaired) electrons. The second-order valence-corrected chi connectivity index (χ2v) is 11.1. The minimum absolute atomic E-state index is 0.00139. The topological polar surface area (TPSA) is 63.1 Å². The summed E-state index contributed by atoms with van der Waals surface area (Å²) in [6.07, 6.45) is 0.508. The molecule has 1 aromatic heterocycles. The van der Waals surface area contributed by atoms with Crippen molar-refractivity contribution in [2.24, 2.45) is 12.5 Å². The smallest absolute Gasteiger partial charge is 0.346 e. The molecule has 1 saturated carbocycles. The number of halogens is 4. The molecule has 2 aromatic rings. The van der Waals surface area contributed by atoms with Gasteiger partial charge in [-0.1, -0.05) is 17.8 Å². The molecule has 2 aliphatic heterocycles. The molecule has 1 amide bonds. The highest BCUT2D eigenvalue weighted by molar-refractivity contribution is 7.99. The second-order valence-electron chi connectivity index (χ2n) is 9.99. The summed E-state index contributed by atoms with van der Waals surface area (Å²) < 4.78 is 54.9. The molecule has 2 unspecified atom stereocenters. The Morgan fingerprint density at radius 2 is 2.11 bits per heavy atom. The van der Waals surface area contributed by atoms with Crippen LogP contribution in [-0.4, -0.2) is 51.0 Å². The molecule has 5 rings (SSSR count). The van der Waals surface area contributed by atoms with Crippen LogP contribution >= 0.6 is 11.8 Å². The number of carbonyl (C=O) groups excluding carboxylic acids is 1. The van der Waals surface area contributed by atoms with E-state index in [-0.39, 0.29) is 23.3 Å². The standard InChI is InChI=1S/C24H29F4N5OS/c1-32-21(19-4-2-5-20(34)29-19)30-31-22(32)35-11-3-9-33-10-8-23(14-33)13-17(23)16-7-6-15(12-18(16)25)24(26,27)28/h6-7,12,17,19H,2-5,8-11,13-14H2,1H3,(H,29,34)/t17?,19?,23-/m0/s1. The van der Waals surface area contributed by atoms with Gasteiger partial charge in [0.1, 0.15) is 5.82 Å². The number of nitrogens with zero attached hydrogens (tertiary/aromatic N) is 4. The lowest BCUT2D eigenvalue weighted by Gasteiger charge is -2.22. The lowest BCUT2D eigenvalue weighted by Crippen LogP contribution is -2.33. The third-order valence-corrected chi connectivity index (χ3v) is 8.73. The van der Waals surface area contributed by atoms with Crippen LogP contribution in [0.25, 0.3) is 0 Å². The molecule has 3 heterocycles. The van der Waals surface area contributed by atoms with E-state index in [9.17, 15) is 22.4 Å². The van der Waals surface area contributed by atoms with Crippen molar-refractivity contribution in [2.75, 3.05) is 25.4 Å². The number of aromatic nitrogens is 3. The van der Waals surface area contributed by atoms with Crippen LogP contribution in [0.1, 0.15) is 67.4 Å². The first-order valence-corrected chi connectivity index (χ1v) is 13.1. The minimum atomic E-state index is -4.53. The molecule has 1 spiro atoms. The number of nitrogens with one attached hydrogen (secondary N) is 1. The van der Waals surface area contributed by atoms with E-state index in [0.717, 1.165) is 74.5 Å². The molecule has 1 aromatic carbocycles. The Labute approximate surface area is 205 Å². The van der Waals surface area contributed by atoms with E-state index in [4.69, 9.17) is 0 Å². The molecule has 2 saturated heterocycles. The van der Waals surface area contributed by atoms with E-state index < -0.39 is 17.6 Å². The van der Waals surface area contributed by atoms with Crippen LogP contribution in [0.15, 0.2) is 23.4 Å². The molecule has 1 N–H and O–H groups in total. The Bertz CT molecular complexity index is 1110. The van der Waals surface area contributed by atoms with Crippen molar-refractivity contribution >= 4 is 17.7 Å². The van der Waals surface area contributed by atoms with Gasteiger partial charge in [0, 0.05) is 25.8 Å². The summed E-state index contributed by atoms with van der Waals surface area (Å²) in [5, 5.41) is 12.4. The Kier molecular flexibility index (Phi) is 6.58. The third-order valence-electron chi connectivity index (χ3n) is 7.62. The van der Waals surface area contributed by atoms with Gasteiger partial charge in [-0.15, -0.1) is 10.2 Å². The van der Waals surface area contributed by atoms with Crippen molar-refractivity contribution in [3.63, 3.8) is 0 Å². The zero-order valence-corrected chi connectivity index (χ0v) is 20.4. The molecule has 6 nitrogen and oxygen atoms in total. The molecule has 11 heteroatoms. The summed E-state index contributed by atoms with van der Waals surface area (Å²) in [6.45, 7) is 2.71. The van der Waals surface area contributed by atoms with Gasteiger partial charge in [0.05, 0.1) is 11.6 Å². The molecule has 35 heavy (non-hydrogen) atoms. The van der Waals surface area contributed by atoms with Gasteiger partial charge in [-0.3, -0.25) is 4.79 Å². The number of hydrogen-bond donors (Lipinski definition) is 1. The number of hydrogen-bond acceptors (Lipinski definition) is 5. The predicted octanol–water partition coefficient (Wildman–Crippen LogP) is 4.68. The van der Waals surface area contributed by atoms with Crippen LogP contribution in [0.2, 0.25) is 0 Å². The number of likely N-dealkylation sites (tertiary alicyclic amines) is 1. The van der Waals surface area contributed by atoms with Crippen molar-refractivity contribution in [3.05, 3.63) is 41.0 Å². The lowest BCUT2D eigenvalue weighted by atomic mass is 9.97. The summed E-state index contributed by atoms with van der Waals surface area (Å²) in [5.74, 6) is 0.982. The second kappa shape index (κ2) is 9.38. The van der Waals surface area contributed by atoms with Crippen molar-refractivity contribution in [1.82, 2.24) is 25.0 Å². The number of alkyl halides is 3. The van der Waals surface area contributed by atoms with Gasteiger partial charge in [0.25, 0.3) is 0 Å². The van der Waals surface area contributed by atoms with Crippen LogP contribution in [0.3, 0.4) is 0 Å². The maximum Gasteiger partial charge on any atom is 0.416 e. The highest BCUT2D eigenvalue weighted by Gasteiger charge is 2.58. The molecular weight excluding hydrogens is 482 g/mol. The maximum atomic E-state index is 14.4. The molecule has 190 valence electrons. The van der Waals surface area contributed by atoms with Crippen LogP contribution in [0.5, 0.6) is 0 Å². The van der Waals surface area contributed by atoms with Gasteiger partial charge in [0.15, 0.2) is 11.0 Å². The molecular formula is C24H29F4N5OS. The first-order chi connectivity index (χ1) is 16.7. The molecule has 3 atom stereocenters. The highest BCUT2D eigenvalue weighted by Crippen LogP contribution is 2.64. The molecule has 3 aliphatic rings. The monoisotopic (exact) mass is 511 g/mol. The van der Waals surface area contributed by atoms with Gasteiger partial charge in [-0.05, 0) is 74.2 Å². The quantitative estimate of drug-likeness (QED) is 0.332. The van der Waals surface area contributed by atoms with Gasteiger partial charge in [0.2, 0.25) is 5.91 Å². The molecule has 1 aliphatic carbocycles. The van der Waals surface area contributed by atoms with Crippen LogP contribution < -0.4 is 5.32 Å². The van der Waals surface area contributed by atoms with Gasteiger partial charge in [-0.25, -0.2) is 4.39 Å². The molecule has 3 fully saturated rings. The number of thioether (sulfide) groups is 1. The number of rotatable bonds is 7. The van der Waals surface area contributed by atoms with E-state index in [2.05, 4.69) is 20.4 Å². The van der Waals surface area contributed by atoms with E-state index in [1.165, 1.54) is 6.07 Å². The van der Waals surface area contributed by atoms with Crippen molar-refractivity contribution < 1.29 is 22.4 Å². The molecule has 0 bridgehead atoms. The zero-order valence-electron chi connectivity index (χ0n) is 19.6. The number of piperidine rings is 1. The SMILES string of the molecule is Cn1c(SCCCN2CC[C@]3(CC3c3ccc(C(F)(F)F)cc3F)C2)nnc1C1CCCC(=O)N1. The fourth-order valence-electron chi connectivity index (χ4n) is 5.61. The van der Waals surface area contributed by atoms with E-state index in [0.29, 0.717) is 18.1 Å². The number of amides is 1. The van der Waals surface area contributed by atoms with Crippen molar-refractivity contribution in [3.8, 4) is 0 Å². The highest BCUT2D eigenvalue weighted by atomic mass is 32.2. The van der Waals surface area contributed by atoms with E-state index in [1.54, 1.807) is 11.8 Å². The summed E-state index contributed by atoms with van der Waals surface area (Å²) in [6, 6.07) is 2.87. The first-order valence-electron chi connectivity index (χ1n) is 12.1. The average molecular weight is 512 g/mol. The lowest BCUT2D eigenvalue weighted by molar-refractivity contribution is -0.137. The maximum absolute atomic E-state index is 14.4. The normalized spacial score (nSPS) is 26.9. The third kappa shape index (κ3) is 5.07. The number of carbonyl (C=O) groups is 1. The largest absolute Gasteiger partial charge is 0.416 e. The average Bonchev–Trinajstić information content (AvgIpc) is 3.13. The predicted molar refractivity (Wildman–Crippen MR) is 123 cm³/mol. The van der Waals surface area contributed by atoms with Gasteiger partial charge in [-0.2, -0.15) is 13.2 Å². The summed E-state index contributed by atoms with van der Waals surface area (Å²) >= 11 is 1.64. The van der Waals surface area contributed by atoms with Gasteiger partial charge < -0.3 is 14.8 Å². The number of benzene rings is 1. The fourth-order valence-corrected chi connectivity index (χ4v) is 6.45. The summed E-state index contributed by atoms with van der Waals surface area (Å²) in [7, 11) is 1.93. The van der Waals surface area contributed by atoms with Crippen molar-refractivity contribution in [2.45, 2.75) is 61.8 Å². The minimum Gasteiger partial charge on any atom is -0.346 e. The fraction of sp³-hybridized carbons (Fsp3) is 0.625. The Balaban J connectivity index is 1.09. The summed E-state index contributed by atoms with van der Waals surface area (Å²) in [4.78, 5) is 14.1. The van der Waals surface area contributed by atoms with Crippen LogP contribution in [0, 0.1) is 11.2 Å². The van der Waals surface area contributed by atoms with Gasteiger partial charge >= 0.3 is 6.18 Å². The van der Waals surface area contributed by atoms with Crippen LogP contribution in [-0.2, 0) is 18.0 Å². The Morgan fingerprint density at radius 1 is 1.29 bits per heavy atom. The Morgan fingerprint density at radius 3 is 2.86 bits per heavy atom.